The van der Waals surface area contributed by atoms with E-state index in [9.17, 15) is 10.1 Å². The molecule has 0 spiro atoms. The van der Waals surface area contributed by atoms with Gasteiger partial charge in [0, 0.05) is 6.54 Å². The van der Waals surface area contributed by atoms with Gasteiger partial charge in [-0.25, -0.2) is 4.98 Å². The van der Waals surface area contributed by atoms with Gasteiger partial charge in [-0.05, 0) is 45.8 Å². The van der Waals surface area contributed by atoms with Crippen LogP contribution in [0.15, 0.2) is 0 Å². The highest BCUT2D eigenvalue weighted by Gasteiger charge is 2.23. The summed E-state index contributed by atoms with van der Waals surface area (Å²) in [6, 6.07) is 0. The van der Waals surface area contributed by atoms with Crippen molar-refractivity contribution in [3.63, 3.8) is 0 Å². The number of aromatic nitrogens is 2. The molecule has 1 saturated heterocycles. The minimum absolute atomic E-state index is 0.0546. The lowest BCUT2D eigenvalue weighted by Crippen LogP contribution is -2.33. The van der Waals surface area contributed by atoms with Gasteiger partial charge in [-0.15, -0.1) is 0 Å². The number of likely N-dealkylation sites (tertiary alicyclic amines) is 1. The van der Waals surface area contributed by atoms with Crippen LogP contribution in [0.3, 0.4) is 0 Å². The van der Waals surface area contributed by atoms with Crippen LogP contribution >= 0.6 is 0 Å². The summed E-state index contributed by atoms with van der Waals surface area (Å²) in [6.45, 7) is 4.35. The summed E-state index contributed by atoms with van der Waals surface area (Å²) in [5.41, 5.74) is 5.76. The summed E-state index contributed by atoms with van der Waals surface area (Å²) < 4.78 is 0. The molecule has 2 rings (SSSR count). The highest BCUT2D eigenvalue weighted by atomic mass is 16.6. The van der Waals surface area contributed by atoms with Gasteiger partial charge in [0.2, 0.25) is 11.8 Å². The Morgan fingerprint density at radius 3 is 2.70 bits per heavy atom. The Morgan fingerprint density at radius 1 is 1.45 bits per heavy atom. The Kier molecular flexibility index (Phi) is 4.33. The molecule has 0 bridgehead atoms. The summed E-state index contributed by atoms with van der Waals surface area (Å²) in [5.74, 6) is 0.778. The number of nitrogens with zero attached hydrogens (tertiary/aromatic N) is 4. The molecule has 20 heavy (non-hydrogen) atoms. The maximum Gasteiger partial charge on any atom is 0.332 e. The van der Waals surface area contributed by atoms with Gasteiger partial charge in [0.1, 0.15) is 5.69 Å². The quantitative estimate of drug-likeness (QED) is 0.626. The first-order valence-corrected chi connectivity index (χ1v) is 6.68. The standard InChI is InChI=1S/C12H20N6O2/c1-8-10(18(19)20)11(16-12(13)15-8)14-7-9-3-5-17(2)6-4-9/h9H,3-7H2,1-2H3,(H3,13,14,15,16). The molecular weight excluding hydrogens is 260 g/mol. The summed E-state index contributed by atoms with van der Waals surface area (Å²) in [6.07, 6.45) is 2.16. The smallest absolute Gasteiger partial charge is 0.332 e. The van der Waals surface area contributed by atoms with E-state index in [2.05, 4.69) is 27.2 Å². The zero-order chi connectivity index (χ0) is 14.7. The second kappa shape index (κ2) is 6.00. The number of hydrogen-bond acceptors (Lipinski definition) is 7. The average Bonchev–Trinajstić information content (AvgIpc) is 2.36. The number of piperidine rings is 1. The average molecular weight is 280 g/mol. The molecule has 110 valence electrons. The minimum Gasteiger partial charge on any atom is -0.368 e. The topological polar surface area (TPSA) is 110 Å². The van der Waals surface area contributed by atoms with Crippen LogP contribution in [0, 0.1) is 23.0 Å². The molecule has 1 aliphatic heterocycles. The lowest BCUT2D eigenvalue weighted by molar-refractivity contribution is -0.385. The van der Waals surface area contributed by atoms with E-state index in [1.807, 2.05) is 0 Å². The van der Waals surface area contributed by atoms with Crippen LogP contribution in [0.2, 0.25) is 0 Å². The molecule has 0 unspecified atom stereocenters. The van der Waals surface area contributed by atoms with Crippen LogP contribution in [0.25, 0.3) is 0 Å². The van der Waals surface area contributed by atoms with Crippen LogP contribution in [-0.4, -0.2) is 46.5 Å². The van der Waals surface area contributed by atoms with Crippen LogP contribution in [0.4, 0.5) is 17.5 Å². The van der Waals surface area contributed by atoms with E-state index < -0.39 is 4.92 Å². The third kappa shape index (κ3) is 3.32. The summed E-state index contributed by atoms with van der Waals surface area (Å²) >= 11 is 0. The molecule has 3 N–H and O–H groups in total. The molecule has 0 aliphatic carbocycles. The van der Waals surface area contributed by atoms with Crippen molar-refractivity contribution in [1.82, 2.24) is 14.9 Å². The van der Waals surface area contributed by atoms with Gasteiger partial charge in [0.15, 0.2) is 0 Å². The largest absolute Gasteiger partial charge is 0.368 e. The highest BCUT2D eigenvalue weighted by Crippen LogP contribution is 2.26. The Morgan fingerprint density at radius 2 is 2.10 bits per heavy atom. The molecule has 0 atom stereocenters. The van der Waals surface area contributed by atoms with Crippen molar-refractivity contribution in [2.45, 2.75) is 19.8 Å². The summed E-state index contributed by atoms with van der Waals surface area (Å²) in [7, 11) is 2.10. The first kappa shape index (κ1) is 14.4. The molecule has 1 aromatic rings. The molecule has 1 fully saturated rings. The van der Waals surface area contributed by atoms with E-state index >= 15 is 0 Å². The number of nitro groups is 1. The van der Waals surface area contributed by atoms with Gasteiger partial charge in [0.05, 0.1) is 4.92 Å². The summed E-state index contributed by atoms with van der Waals surface area (Å²) in [5, 5.41) is 14.2. The lowest BCUT2D eigenvalue weighted by Gasteiger charge is -2.29. The molecule has 0 saturated carbocycles. The molecule has 0 aromatic carbocycles. The van der Waals surface area contributed by atoms with E-state index in [1.165, 1.54) is 0 Å². The molecule has 0 radical (unpaired) electrons. The van der Waals surface area contributed by atoms with Crippen molar-refractivity contribution in [2.75, 3.05) is 37.7 Å². The van der Waals surface area contributed by atoms with E-state index in [1.54, 1.807) is 6.92 Å². The Hall–Kier alpha value is -1.96. The number of hydrogen-bond donors (Lipinski definition) is 2. The first-order chi connectivity index (χ1) is 9.47. The van der Waals surface area contributed by atoms with Gasteiger partial charge in [0.25, 0.3) is 0 Å². The van der Waals surface area contributed by atoms with Crippen molar-refractivity contribution < 1.29 is 4.92 Å². The summed E-state index contributed by atoms with van der Waals surface area (Å²) in [4.78, 5) is 20.7. The fourth-order valence-electron chi connectivity index (χ4n) is 2.44. The van der Waals surface area contributed by atoms with Crippen LogP contribution in [0.1, 0.15) is 18.5 Å². The van der Waals surface area contributed by atoms with Crippen LogP contribution < -0.4 is 11.1 Å². The van der Waals surface area contributed by atoms with Crippen molar-refractivity contribution in [3.8, 4) is 0 Å². The zero-order valence-electron chi connectivity index (χ0n) is 11.8. The number of nitrogens with two attached hydrogens (primary N) is 1. The molecule has 1 aliphatic rings. The van der Waals surface area contributed by atoms with Crippen molar-refractivity contribution in [2.24, 2.45) is 5.92 Å². The third-order valence-electron chi connectivity index (χ3n) is 3.65. The molecular formula is C12H20N6O2. The molecule has 8 nitrogen and oxygen atoms in total. The Bertz CT molecular complexity index is 499. The van der Waals surface area contributed by atoms with Crippen LogP contribution in [0.5, 0.6) is 0 Å². The Labute approximate surface area is 117 Å². The maximum absolute atomic E-state index is 11.1. The predicted octanol–water partition coefficient (Wildman–Crippen LogP) is 1.03. The third-order valence-corrected chi connectivity index (χ3v) is 3.65. The van der Waals surface area contributed by atoms with Gasteiger partial charge < -0.3 is 16.0 Å². The lowest BCUT2D eigenvalue weighted by atomic mass is 9.97. The number of nitrogens with one attached hydrogen (secondary N) is 1. The first-order valence-electron chi connectivity index (χ1n) is 6.68. The second-order valence-electron chi connectivity index (χ2n) is 5.25. The number of rotatable bonds is 4. The van der Waals surface area contributed by atoms with Gasteiger partial charge in [-0.3, -0.25) is 10.1 Å². The van der Waals surface area contributed by atoms with Crippen LogP contribution in [-0.2, 0) is 0 Å². The number of anilines is 2. The minimum atomic E-state index is -0.467. The van der Waals surface area contributed by atoms with E-state index in [4.69, 9.17) is 5.73 Å². The highest BCUT2D eigenvalue weighted by molar-refractivity contribution is 5.60. The van der Waals surface area contributed by atoms with E-state index in [-0.39, 0.29) is 23.1 Å². The zero-order valence-corrected chi connectivity index (χ0v) is 11.8. The van der Waals surface area contributed by atoms with E-state index in [0.29, 0.717) is 12.5 Å². The van der Waals surface area contributed by atoms with Crippen molar-refractivity contribution >= 4 is 17.5 Å². The predicted molar refractivity (Wildman–Crippen MR) is 76.5 cm³/mol. The number of aryl methyl sites for hydroxylation is 1. The fraction of sp³-hybridized carbons (Fsp3) is 0.667. The van der Waals surface area contributed by atoms with E-state index in [0.717, 1.165) is 25.9 Å². The van der Waals surface area contributed by atoms with Crippen molar-refractivity contribution in [3.05, 3.63) is 15.8 Å². The fourth-order valence-corrected chi connectivity index (χ4v) is 2.44. The van der Waals surface area contributed by atoms with Gasteiger partial charge >= 0.3 is 5.69 Å². The second-order valence-corrected chi connectivity index (χ2v) is 5.25. The SMILES string of the molecule is Cc1nc(N)nc(NCC2CCN(C)CC2)c1[N+](=O)[O-]. The molecule has 0 amide bonds. The van der Waals surface area contributed by atoms with Crippen molar-refractivity contribution in [1.29, 1.82) is 0 Å². The van der Waals surface area contributed by atoms with Gasteiger partial charge in [-0.2, -0.15) is 4.98 Å². The van der Waals surface area contributed by atoms with Gasteiger partial charge in [-0.1, -0.05) is 0 Å². The molecule has 1 aromatic heterocycles. The normalized spacial score (nSPS) is 17.1. The number of nitrogen functional groups attached to an aromatic ring is 1. The maximum atomic E-state index is 11.1. The molecule has 2 heterocycles. The monoisotopic (exact) mass is 280 g/mol. The molecule has 8 heteroatoms. The Balaban J connectivity index is 2.07.